The molecule has 3 nitrogen and oxygen atoms in total. The number of thiophene rings is 1. The van der Waals surface area contributed by atoms with Gasteiger partial charge in [0.25, 0.3) is 0 Å². The molecule has 110 valence electrons. The van der Waals surface area contributed by atoms with Gasteiger partial charge in [-0.3, -0.25) is 4.90 Å². The number of rotatable bonds is 4. The Morgan fingerprint density at radius 2 is 2.20 bits per heavy atom. The first-order chi connectivity index (χ1) is 9.69. The molecule has 0 amide bonds. The highest BCUT2D eigenvalue weighted by Gasteiger charge is 2.20. The van der Waals surface area contributed by atoms with Crippen LogP contribution in [-0.2, 0) is 6.54 Å². The fraction of sp³-hybridized carbons (Fsp3) is 0.625. The largest absolute Gasteiger partial charge is 0.395 e. The Morgan fingerprint density at radius 1 is 1.45 bits per heavy atom. The minimum absolute atomic E-state index is 0.142. The number of likely N-dealkylation sites (tertiary alicyclic amines) is 1. The molecule has 20 heavy (non-hydrogen) atoms. The van der Waals surface area contributed by atoms with Crippen molar-refractivity contribution in [2.75, 3.05) is 33.8 Å². The van der Waals surface area contributed by atoms with Crippen LogP contribution in [0.25, 0.3) is 0 Å². The summed E-state index contributed by atoms with van der Waals surface area (Å²) in [6, 6.07) is 2.89. The summed E-state index contributed by atoms with van der Waals surface area (Å²) in [4.78, 5) is 6.26. The molecule has 0 unspecified atom stereocenters. The molecule has 0 aromatic carbocycles. The van der Waals surface area contributed by atoms with Crippen molar-refractivity contribution < 1.29 is 5.11 Å². The molecule has 0 aliphatic carbocycles. The molecule has 2 rings (SSSR count). The maximum Gasteiger partial charge on any atom is 0.0540 e. The smallest absolute Gasteiger partial charge is 0.0540 e. The molecule has 0 saturated carbocycles. The molecular weight excluding hydrogens is 268 g/mol. The SMILES string of the molecule is CN1CCC(N(C)Cc2cc(C#CCCO)cs2)CC1. The van der Waals surface area contributed by atoms with Crippen LogP contribution in [0.3, 0.4) is 0 Å². The maximum atomic E-state index is 8.72. The monoisotopic (exact) mass is 292 g/mol. The van der Waals surface area contributed by atoms with Gasteiger partial charge >= 0.3 is 0 Å². The van der Waals surface area contributed by atoms with Gasteiger partial charge in [0.2, 0.25) is 0 Å². The lowest BCUT2D eigenvalue weighted by molar-refractivity contribution is 0.140. The minimum atomic E-state index is 0.142. The molecule has 4 heteroatoms. The van der Waals surface area contributed by atoms with Gasteiger partial charge in [-0.25, -0.2) is 0 Å². The molecule has 1 N–H and O–H groups in total. The van der Waals surface area contributed by atoms with Crippen LogP contribution >= 0.6 is 11.3 Å². The van der Waals surface area contributed by atoms with Crippen molar-refractivity contribution >= 4 is 11.3 Å². The van der Waals surface area contributed by atoms with Gasteiger partial charge in [0.15, 0.2) is 0 Å². The predicted molar refractivity (Wildman–Crippen MR) is 84.9 cm³/mol. The van der Waals surface area contributed by atoms with Crippen molar-refractivity contribution in [3.05, 3.63) is 21.9 Å². The van der Waals surface area contributed by atoms with Gasteiger partial charge < -0.3 is 10.0 Å². The topological polar surface area (TPSA) is 26.7 Å². The highest BCUT2D eigenvalue weighted by molar-refractivity contribution is 7.10. The first-order valence-electron chi connectivity index (χ1n) is 7.25. The first-order valence-corrected chi connectivity index (χ1v) is 8.13. The van der Waals surface area contributed by atoms with E-state index in [0.29, 0.717) is 12.5 Å². The van der Waals surface area contributed by atoms with Crippen LogP contribution in [0.15, 0.2) is 11.4 Å². The fourth-order valence-electron chi connectivity index (χ4n) is 2.56. The number of piperidine rings is 1. The molecule has 0 spiro atoms. The Hall–Kier alpha value is -0.860. The molecule has 0 bridgehead atoms. The van der Waals surface area contributed by atoms with E-state index < -0.39 is 0 Å². The van der Waals surface area contributed by atoms with E-state index in [1.54, 1.807) is 11.3 Å². The summed E-state index contributed by atoms with van der Waals surface area (Å²) in [6.45, 7) is 3.57. The number of hydrogen-bond acceptors (Lipinski definition) is 4. The van der Waals surface area contributed by atoms with E-state index in [2.05, 4.69) is 47.2 Å². The lowest BCUT2D eigenvalue weighted by atomic mass is 10.0. The Bertz CT molecular complexity index is 466. The number of aliphatic hydroxyl groups is 1. The molecule has 1 saturated heterocycles. The third-order valence-corrected chi connectivity index (χ3v) is 4.76. The van der Waals surface area contributed by atoms with E-state index in [9.17, 15) is 0 Å². The maximum absolute atomic E-state index is 8.72. The molecule has 1 fully saturated rings. The van der Waals surface area contributed by atoms with Gasteiger partial charge in [0.05, 0.1) is 6.61 Å². The molecule has 1 aromatic heterocycles. The normalized spacial score (nSPS) is 17.2. The number of nitrogens with zero attached hydrogens (tertiary/aromatic N) is 2. The van der Waals surface area contributed by atoms with Crippen LogP contribution in [0, 0.1) is 11.8 Å². The van der Waals surface area contributed by atoms with E-state index in [-0.39, 0.29) is 6.61 Å². The summed E-state index contributed by atoms with van der Waals surface area (Å²) >= 11 is 1.78. The summed E-state index contributed by atoms with van der Waals surface area (Å²) in [5.74, 6) is 6.07. The fourth-order valence-corrected chi connectivity index (χ4v) is 3.44. The molecule has 0 radical (unpaired) electrons. The second-order valence-corrected chi connectivity index (χ2v) is 6.52. The minimum Gasteiger partial charge on any atom is -0.395 e. The lowest BCUT2D eigenvalue weighted by Crippen LogP contribution is -2.41. The van der Waals surface area contributed by atoms with Crippen molar-refractivity contribution in [3.63, 3.8) is 0 Å². The van der Waals surface area contributed by atoms with Crippen LogP contribution in [0.2, 0.25) is 0 Å². The third-order valence-electron chi connectivity index (χ3n) is 3.84. The Morgan fingerprint density at radius 3 is 2.90 bits per heavy atom. The van der Waals surface area contributed by atoms with Gasteiger partial charge in [0.1, 0.15) is 0 Å². The first kappa shape index (κ1) is 15.5. The molecular formula is C16H24N2OS. The van der Waals surface area contributed by atoms with Crippen molar-refractivity contribution in [2.24, 2.45) is 0 Å². The summed E-state index contributed by atoms with van der Waals surface area (Å²) in [5.41, 5.74) is 1.08. The standard InChI is InChI=1S/C16H24N2OS/c1-17-8-6-15(7-9-17)18(2)12-16-11-14(13-20-16)5-3-4-10-19/h11,13,15,19H,4,6-10,12H2,1-2H3. The quantitative estimate of drug-likeness (QED) is 0.860. The summed E-state index contributed by atoms with van der Waals surface area (Å²) < 4.78 is 0. The van der Waals surface area contributed by atoms with Gasteiger partial charge in [0, 0.05) is 34.8 Å². The lowest BCUT2D eigenvalue weighted by Gasteiger charge is -2.34. The molecule has 1 aliphatic heterocycles. The third kappa shape index (κ3) is 4.60. The van der Waals surface area contributed by atoms with Crippen molar-refractivity contribution in [1.29, 1.82) is 0 Å². The van der Waals surface area contributed by atoms with Crippen molar-refractivity contribution in [2.45, 2.75) is 31.8 Å². The molecule has 1 aromatic rings. The van der Waals surface area contributed by atoms with Crippen LogP contribution in [-0.4, -0.2) is 54.7 Å². The molecule has 0 atom stereocenters. The van der Waals surface area contributed by atoms with E-state index in [1.165, 1.54) is 30.8 Å². The Balaban J connectivity index is 1.85. The van der Waals surface area contributed by atoms with Crippen LogP contribution in [0.5, 0.6) is 0 Å². The highest BCUT2D eigenvalue weighted by atomic mass is 32.1. The average Bonchev–Trinajstić information content (AvgIpc) is 2.87. The van der Waals surface area contributed by atoms with E-state index in [0.717, 1.165) is 12.1 Å². The van der Waals surface area contributed by atoms with Gasteiger partial charge in [-0.05, 0) is 46.1 Å². The summed E-state index contributed by atoms with van der Waals surface area (Å²) in [7, 11) is 4.43. The summed E-state index contributed by atoms with van der Waals surface area (Å²) in [5, 5.41) is 10.8. The molecule has 1 aliphatic rings. The highest BCUT2D eigenvalue weighted by Crippen LogP contribution is 2.20. The van der Waals surface area contributed by atoms with Crippen molar-refractivity contribution in [3.8, 4) is 11.8 Å². The zero-order valence-corrected chi connectivity index (χ0v) is 13.2. The van der Waals surface area contributed by atoms with Gasteiger partial charge in [-0.2, -0.15) is 0 Å². The zero-order valence-electron chi connectivity index (χ0n) is 12.4. The predicted octanol–water partition coefficient (Wildman–Crippen LogP) is 2.01. The second kappa shape index (κ2) is 7.80. The average molecular weight is 292 g/mol. The van der Waals surface area contributed by atoms with Crippen LogP contribution in [0.1, 0.15) is 29.7 Å². The summed E-state index contributed by atoms with van der Waals surface area (Å²) in [6.07, 6.45) is 3.09. The van der Waals surface area contributed by atoms with Gasteiger partial charge in [-0.1, -0.05) is 11.8 Å². The second-order valence-electron chi connectivity index (χ2n) is 5.53. The number of hydrogen-bond donors (Lipinski definition) is 1. The molecule has 2 heterocycles. The van der Waals surface area contributed by atoms with E-state index in [4.69, 9.17) is 5.11 Å². The van der Waals surface area contributed by atoms with Crippen LogP contribution < -0.4 is 0 Å². The number of aliphatic hydroxyl groups excluding tert-OH is 1. The van der Waals surface area contributed by atoms with E-state index in [1.807, 2.05) is 0 Å². The Kier molecular flexibility index (Phi) is 6.06. The van der Waals surface area contributed by atoms with Crippen molar-refractivity contribution in [1.82, 2.24) is 9.80 Å². The van der Waals surface area contributed by atoms with Gasteiger partial charge in [-0.15, -0.1) is 11.3 Å². The zero-order chi connectivity index (χ0) is 14.4. The van der Waals surface area contributed by atoms with Crippen LogP contribution in [0.4, 0.5) is 0 Å². The Labute approximate surface area is 126 Å². The van der Waals surface area contributed by atoms with E-state index >= 15 is 0 Å².